The van der Waals surface area contributed by atoms with E-state index in [0.29, 0.717) is 28.6 Å². The van der Waals surface area contributed by atoms with Gasteiger partial charge in [-0.2, -0.15) is 0 Å². The van der Waals surface area contributed by atoms with E-state index >= 15 is 0 Å². The van der Waals surface area contributed by atoms with E-state index in [1.54, 1.807) is 0 Å². The Labute approximate surface area is 184 Å². The molecule has 5 rings (SSSR count). The van der Waals surface area contributed by atoms with Gasteiger partial charge in [0.1, 0.15) is 0 Å². The first-order valence-corrected chi connectivity index (χ1v) is 12.8. The summed E-state index contributed by atoms with van der Waals surface area (Å²) in [6.07, 6.45) is 12.9. The molecule has 0 heterocycles. The molecule has 5 aliphatic rings. The Morgan fingerprint density at radius 1 is 1.03 bits per heavy atom. The minimum absolute atomic E-state index is 0.0413. The molecular formula is C28H44O2. The minimum Gasteiger partial charge on any atom is -0.469 e. The van der Waals surface area contributed by atoms with E-state index in [1.807, 2.05) is 11.1 Å². The standard InChI is InChI=1S/C28H44O2/c1-18(17-23(29)30-7)25(5)14-11-20-21-9-10-22-24(3,4)12-8-13-28(22)19(2)27(21,28)16-15-26(20,25)6/h18-19,22H,8-17H2,1-7H3/t18-,19+,22?,25?,26?,27?,28?/m1/s1. The number of ether oxygens (including phenoxy) is 1. The minimum atomic E-state index is -0.0413. The molecule has 2 heteroatoms. The van der Waals surface area contributed by atoms with E-state index in [1.165, 1.54) is 64.9 Å². The molecule has 5 aliphatic carbocycles. The van der Waals surface area contributed by atoms with Gasteiger partial charge in [0.25, 0.3) is 0 Å². The molecule has 168 valence electrons. The van der Waals surface area contributed by atoms with Crippen molar-refractivity contribution < 1.29 is 9.53 Å². The summed E-state index contributed by atoms with van der Waals surface area (Å²) in [7, 11) is 1.53. The van der Waals surface area contributed by atoms with Gasteiger partial charge in [0.05, 0.1) is 7.11 Å². The zero-order chi connectivity index (χ0) is 21.7. The van der Waals surface area contributed by atoms with E-state index in [2.05, 4.69) is 41.5 Å². The Balaban J connectivity index is 1.55. The number of fused-ring (bicyclic) bond motifs is 1. The molecule has 0 aromatic carbocycles. The SMILES string of the molecule is COC(=O)C[C@@H](C)C1(C)CCC2=C3CCC4C(C)(C)CCCC45[C@@H](C)C35CCC21C. The first-order valence-electron chi connectivity index (χ1n) is 12.8. The topological polar surface area (TPSA) is 26.3 Å². The number of esters is 1. The van der Waals surface area contributed by atoms with Crippen molar-refractivity contribution in [3.8, 4) is 0 Å². The number of hydrogen-bond donors (Lipinski definition) is 0. The second kappa shape index (κ2) is 6.16. The van der Waals surface area contributed by atoms with Crippen LogP contribution in [0.2, 0.25) is 0 Å². The van der Waals surface area contributed by atoms with Crippen molar-refractivity contribution in [2.45, 2.75) is 106 Å². The summed E-state index contributed by atoms with van der Waals surface area (Å²) < 4.78 is 5.04. The summed E-state index contributed by atoms with van der Waals surface area (Å²) >= 11 is 0. The number of rotatable bonds is 3. The molecule has 5 unspecified atom stereocenters. The normalized spacial score (nSPS) is 49.4. The molecule has 0 bridgehead atoms. The van der Waals surface area contributed by atoms with E-state index in [9.17, 15) is 4.79 Å². The highest BCUT2D eigenvalue weighted by Crippen LogP contribution is 2.88. The smallest absolute Gasteiger partial charge is 0.305 e. The van der Waals surface area contributed by atoms with E-state index in [-0.39, 0.29) is 16.8 Å². The average molecular weight is 413 g/mol. The van der Waals surface area contributed by atoms with Crippen LogP contribution in [0.3, 0.4) is 0 Å². The maximum absolute atomic E-state index is 12.1. The van der Waals surface area contributed by atoms with Crippen LogP contribution in [0.1, 0.15) is 106 Å². The largest absolute Gasteiger partial charge is 0.469 e. The van der Waals surface area contributed by atoms with Gasteiger partial charge >= 0.3 is 5.97 Å². The number of carbonyl (C=O) groups excluding carboxylic acids is 1. The number of carbonyl (C=O) groups is 1. The van der Waals surface area contributed by atoms with Gasteiger partial charge in [-0.1, -0.05) is 59.1 Å². The van der Waals surface area contributed by atoms with E-state index < -0.39 is 0 Å². The molecule has 0 amide bonds. The van der Waals surface area contributed by atoms with Gasteiger partial charge in [0.15, 0.2) is 0 Å². The second-order valence-corrected chi connectivity index (χ2v) is 13.1. The van der Waals surface area contributed by atoms with Crippen LogP contribution < -0.4 is 0 Å². The molecule has 0 radical (unpaired) electrons. The summed E-state index contributed by atoms with van der Waals surface area (Å²) in [5.74, 6) is 2.13. The van der Waals surface area contributed by atoms with Crippen LogP contribution in [-0.4, -0.2) is 13.1 Å². The van der Waals surface area contributed by atoms with Crippen molar-refractivity contribution in [3.63, 3.8) is 0 Å². The Morgan fingerprint density at radius 3 is 2.47 bits per heavy atom. The summed E-state index contributed by atoms with van der Waals surface area (Å²) in [6, 6.07) is 0. The lowest BCUT2D eigenvalue weighted by Gasteiger charge is -2.56. The van der Waals surface area contributed by atoms with Gasteiger partial charge in [0, 0.05) is 11.8 Å². The molecule has 2 nitrogen and oxygen atoms in total. The lowest BCUT2D eigenvalue weighted by molar-refractivity contribution is -0.143. The van der Waals surface area contributed by atoms with Gasteiger partial charge < -0.3 is 4.74 Å². The van der Waals surface area contributed by atoms with Gasteiger partial charge in [-0.05, 0) is 90.8 Å². The highest BCUT2D eigenvalue weighted by molar-refractivity contribution is 5.69. The fourth-order valence-corrected chi connectivity index (χ4v) is 10.5. The Kier molecular flexibility index (Phi) is 4.33. The number of methoxy groups -OCH3 is 1. The molecule has 0 aliphatic heterocycles. The van der Waals surface area contributed by atoms with Gasteiger partial charge in [-0.15, -0.1) is 0 Å². The molecule has 0 aromatic rings. The van der Waals surface area contributed by atoms with Crippen LogP contribution >= 0.6 is 0 Å². The molecule has 2 spiro atoms. The van der Waals surface area contributed by atoms with Crippen LogP contribution in [0, 0.1) is 44.8 Å². The van der Waals surface area contributed by atoms with Crippen LogP contribution in [0.5, 0.6) is 0 Å². The van der Waals surface area contributed by atoms with Crippen molar-refractivity contribution in [1.29, 1.82) is 0 Å². The maximum Gasteiger partial charge on any atom is 0.305 e. The molecule has 7 atom stereocenters. The first-order chi connectivity index (χ1) is 14.0. The maximum atomic E-state index is 12.1. The molecule has 0 N–H and O–H groups in total. The second-order valence-electron chi connectivity index (χ2n) is 13.1. The Morgan fingerprint density at radius 2 is 1.77 bits per heavy atom. The van der Waals surface area contributed by atoms with Crippen molar-refractivity contribution in [3.05, 3.63) is 11.1 Å². The monoisotopic (exact) mass is 412 g/mol. The van der Waals surface area contributed by atoms with Crippen molar-refractivity contribution in [2.24, 2.45) is 44.8 Å². The molecule has 4 fully saturated rings. The fraction of sp³-hybridized carbons (Fsp3) is 0.893. The van der Waals surface area contributed by atoms with Crippen molar-refractivity contribution in [2.75, 3.05) is 7.11 Å². The highest BCUT2D eigenvalue weighted by atomic mass is 16.5. The third kappa shape index (κ3) is 2.15. The number of allylic oxidation sites excluding steroid dienone is 2. The van der Waals surface area contributed by atoms with Gasteiger partial charge in [0.2, 0.25) is 0 Å². The predicted octanol–water partition coefficient (Wildman–Crippen LogP) is 7.33. The van der Waals surface area contributed by atoms with E-state index in [0.717, 1.165) is 11.8 Å². The molecule has 30 heavy (non-hydrogen) atoms. The third-order valence-corrected chi connectivity index (χ3v) is 12.5. The summed E-state index contributed by atoms with van der Waals surface area (Å²) in [5.41, 5.74) is 5.89. The molecule has 0 saturated heterocycles. The Bertz CT molecular complexity index is 807. The zero-order valence-electron chi connectivity index (χ0n) is 20.6. The van der Waals surface area contributed by atoms with Crippen molar-refractivity contribution >= 4 is 5.97 Å². The highest BCUT2D eigenvalue weighted by Gasteiger charge is 2.81. The molecular weight excluding hydrogens is 368 g/mol. The predicted molar refractivity (Wildman–Crippen MR) is 122 cm³/mol. The van der Waals surface area contributed by atoms with Crippen molar-refractivity contribution in [1.82, 2.24) is 0 Å². The quantitative estimate of drug-likeness (QED) is 0.358. The lowest BCUT2D eigenvalue weighted by atomic mass is 9.49. The number of hydrogen-bond acceptors (Lipinski definition) is 2. The van der Waals surface area contributed by atoms with Crippen LogP contribution in [0.4, 0.5) is 0 Å². The van der Waals surface area contributed by atoms with Crippen LogP contribution in [0.25, 0.3) is 0 Å². The van der Waals surface area contributed by atoms with Crippen LogP contribution in [0.15, 0.2) is 11.1 Å². The average Bonchev–Trinajstić information content (AvgIpc) is 3.08. The summed E-state index contributed by atoms with van der Waals surface area (Å²) in [4.78, 5) is 12.1. The fourth-order valence-electron chi connectivity index (χ4n) is 10.5. The van der Waals surface area contributed by atoms with Crippen LogP contribution in [-0.2, 0) is 9.53 Å². The zero-order valence-corrected chi connectivity index (χ0v) is 20.6. The summed E-state index contributed by atoms with van der Waals surface area (Å²) in [6.45, 7) is 15.1. The molecule has 4 saturated carbocycles. The summed E-state index contributed by atoms with van der Waals surface area (Å²) in [5, 5.41) is 0. The lowest BCUT2D eigenvalue weighted by Crippen LogP contribution is -2.47. The van der Waals surface area contributed by atoms with E-state index in [4.69, 9.17) is 4.74 Å². The van der Waals surface area contributed by atoms with Gasteiger partial charge in [-0.3, -0.25) is 4.79 Å². The first kappa shape index (κ1) is 21.1. The molecule has 0 aromatic heterocycles. The third-order valence-electron chi connectivity index (χ3n) is 12.5. The Hall–Kier alpha value is -0.790. The van der Waals surface area contributed by atoms with Gasteiger partial charge in [-0.25, -0.2) is 0 Å².